The Kier molecular flexibility index (Phi) is 7.71. The maximum absolute atomic E-state index is 12.2. The second-order valence-electron chi connectivity index (χ2n) is 6.03. The summed E-state index contributed by atoms with van der Waals surface area (Å²) in [6.07, 6.45) is 9.17. The lowest BCUT2D eigenvalue weighted by Crippen LogP contribution is -2.09. The van der Waals surface area contributed by atoms with Crippen LogP contribution >= 0.6 is 0 Å². The fourth-order valence-corrected chi connectivity index (χ4v) is 2.81. The van der Waals surface area contributed by atoms with Crippen LogP contribution in [0.25, 0.3) is 5.76 Å². The van der Waals surface area contributed by atoms with Crippen LogP contribution in [0.15, 0.2) is 35.9 Å². The first kappa shape index (κ1) is 17.6. The Bertz CT molecular complexity index is 505. The molecule has 23 heavy (non-hydrogen) atoms. The van der Waals surface area contributed by atoms with Crippen molar-refractivity contribution in [2.24, 2.45) is 0 Å². The van der Waals surface area contributed by atoms with E-state index < -0.39 is 0 Å². The van der Waals surface area contributed by atoms with E-state index in [0.717, 1.165) is 18.4 Å². The number of rotatable bonds is 10. The quantitative estimate of drug-likeness (QED) is 0.444. The fraction of sp³-hybridized carbons (Fsp3) is 0.550. The van der Waals surface area contributed by atoms with Gasteiger partial charge in [0.2, 0.25) is 0 Å². The Morgan fingerprint density at radius 3 is 2.48 bits per heavy atom. The van der Waals surface area contributed by atoms with Gasteiger partial charge in [0.1, 0.15) is 5.76 Å². The third kappa shape index (κ3) is 5.74. The first-order valence-corrected chi connectivity index (χ1v) is 8.91. The highest BCUT2D eigenvalue weighted by Gasteiger charge is 2.24. The molecule has 0 saturated carbocycles. The van der Waals surface area contributed by atoms with Crippen molar-refractivity contribution >= 4 is 11.7 Å². The van der Waals surface area contributed by atoms with Gasteiger partial charge in [0.05, 0.1) is 18.8 Å². The highest BCUT2D eigenvalue weighted by Crippen LogP contribution is 2.29. The minimum absolute atomic E-state index is 0.215. The van der Waals surface area contributed by atoms with E-state index >= 15 is 0 Å². The molecule has 0 atom stereocenters. The molecule has 0 amide bonds. The molecule has 1 aromatic rings. The van der Waals surface area contributed by atoms with Crippen molar-refractivity contribution in [2.75, 3.05) is 13.2 Å². The van der Waals surface area contributed by atoms with Crippen molar-refractivity contribution in [3.05, 3.63) is 41.5 Å². The van der Waals surface area contributed by atoms with Crippen LogP contribution in [-0.2, 0) is 14.3 Å². The highest BCUT2D eigenvalue weighted by atomic mass is 16.5. The number of esters is 1. The van der Waals surface area contributed by atoms with Crippen LogP contribution in [-0.4, -0.2) is 19.2 Å². The summed E-state index contributed by atoms with van der Waals surface area (Å²) in [5.41, 5.74) is 1.63. The minimum Gasteiger partial charge on any atom is -0.492 e. The third-order valence-electron chi connectivity index (χ3n) is 4.14. The Morgan fingerprint density at radius 2 is 1.74 bits per heavy atom. The Labute approximate surface area is 139 Å². The summed E-state index contributed by atoms with van der Waals surface area (Å²) < 4.78 is 11.1. The van der Waals surface area contributed by atoms with Crippen molar-refractivity contribution in [1.82, 2.24) is 0 Å². The largest absolute Gasteiger partial charge is 0.492 e. The van der Waals surface area contributed by atoms with E-state index in [1.165, 1.54) is 32.1 Å². The molecule has 0 radical (unpaired) electrons. The molecule has 1 aliphatic rings. The third-order valence-corrected chi connectivity index (χ3v) is 4.14. The molecule has 0 N–H and O–H groups in total. The molecule has 1 aromatic carbocycles. The number of ether oxygens (including phenoxy) is 2. The van der Waals surface area contributed by atoms with E-state index in [9.17, 15) is 4.79 Å². The normalized spacial score (nSPS) is 14.0. The molecule has 126 valence electrons. The smallest absolute Gasteiger partial charge is 0.337 e. The molecule has 0 spiro atoms. The SMILES string of the molecule is CCCCCCCCCOC(=O)C1=C(c2ccccc2)OCC1. The van der Waals surface area contributed by atoms with E-state index in [-0.39, 0.29) is 5.97 Å². The summed E-state index contributed by atoms with van der Waals surface area (Å²) in [5.74, 6) is 0.475. The van der Waals surface area contributed by atoms with E-state index in [4.69, 9.17) is 9.47 Å². The molecule has 2 rings (SSSR count). The lowest BCUT2D eigenvalue weighted by atomic mass is 10.1. The molecular formula is C20H28O3. The van der Waals surface area contributed by atoms with Crippen molar-refractivity contribution in [3.63, 3.8) is 0 Å². The van der Waals surface area contributed by atoms with Crippen molar-refractivity contribution < 1.29 is 14.3 Å². The van der Waals surface area contributed by atoms with Gasteiger partial charge in [-0.15, -0.1) is 0 Å². The minimum atomic E-state index is -0.215. The zero-order chi connectivity index (χ0) is 16.3. The summed E-state index contributed by atoms with van der Waals surface area (Å²) in [6.45, 7) is 3.30. The fourth-order valence-electron chi connectivity index (χ4n) is 2.81. The van der Waals surface area contributed by atoms with Crippen molar-refractivity contribution in [2.45, 2.75) is 58.3 Å². The zero-order valence-electron chi connectivity index (χ0n) is 14.2. The van der Waals surface area contributed by atoms with Crippen LogP contribution in [0, 0.1) is 0 Å². The number of hydrogen-bond donors (Lipinski definition) is 0. The van der Waals surface area contributed by atoms with Gasteiger partial charge < -0.3 is 9.47 Å². The molecule has 1 heterocycles. The van der Waals surface area contributed by atoms with Crippen LogP contribution < -0.4 is 0 Å². The molecule has 0 unspecified atom stereocenters. The predicted octanol–water partition coefficient (Wildman–Crippen LogP) is 5.11. The summed E-state index contributed by atoms with van der Waals surface area (Å²) in [6, 6.07) is 9.78. The zero-order valence-corrected chi connectivity index (χ0v) is 14.2. The van der Waals surface area contributed by atoms with E-state index in [1.807, 2.05) is 30.3 Å². The van der Waals surface area contributed by atoms with Crippen LogP contribution in [0.5, 0.6) is 0 Å². The monoisotopic (exact) mass is 316 g/mol. The average Bonchev–Trinajstić information content (AvgIpc) is 3.07. The maximum Gasteiger partial charge on any atom is 0.337 e. The van der Waals surface area contributed by atoms with E-state index in [2.05, 4.69) is 6.92 Å². The van der Waals surface area contributed by atoms with Gasteiger partial charge >= 0.3 is 5.97 Å². The van der Waals surface area contributed by atoms with Crippen LogP contribution in [0.4, 0.5) is 0 Å². The number of benzene rings is 1. The Morgan fingerprint density at radius 1 is 1.04 bits per heavy atom. The Hall–Kier alpha value is -1.77. The highest BCUT2D eigenvalue weighted by molar-refractivity contribution is 5.97. The Balaban J connectivity index is 1.72. The number of unbranched alkanes of at least 4 members (excludes halogenated alkanes) is 6. The van der Waals surface area contributed by atoms with Gasteiger partial charge in [-0.2, -0.15) is 0 Å². The van der Waals surface area contributed by atoms with Crippen molar-refractivity contribution in [1.29, 1.82) is 0 Å². The van der Waals surface area contributed by atoms with Crippen LogP contribution in [0.3, 0.4) is 0 Å². The summed E-state index contributed by atoms with van der Waals surface area (Å²) in [7, 11) is 0. The lowest BCUT2D eigenvalue weighted by molar-refractivity contribution is -0.139. The molecule has 0 aliphatic carbocycles. The van der Waals surface area contributed by atoms with Gasteiger partial charge in [-0.05, 0) is 6.42 Å². The molecule has 0 aromatic heterocycles. The summed E-state index contributed by atoms with van der Waals surface area (Å²) >= 11 is 0. The standard InChI is InChI=1S/C20H28O3/c1-2-3-4-5-6-7-11-15-23-20(21)18-14-16-22-19(18)17-12-9-8-10-13-17/h8-10,12-13H,2-7,11,14-16H2,1H3. The van der Waals surface area contributed by atoms with E-state index in [1.54, 1.807) is 0 Å². The molecule has 3 nitrogen and oxygen atoms in total. The van der Waals surface area contributed by atoms with Gasteiger partial charge in [0.25, 0.3) is 0 Å². The summed E-state index contributed by atoms with van der Waals surface area (Å²) in [5, 5.41) is 0. The first-order valence-electron chi connectivity index (χ1n) is 8.91. The predicted molar refractivity (Wildman–Crippen MR) is 92.9 cm³/mol. The molecular weight excluding hydrogens is 288 g/mol. The van der Waals surface area contributed by atoms with Gasteiger partial charge in [-0.3, -0.25) is 0 Å². The number of carbonyl (C=O) groups is 1. The molecule has 1 aliphatic heterocycles. The van der Waals surface area contributed by atoms with Gasteiger partial charge in [-0.25, -0.2) is 4.79 Å². The number of hydrogen-bond acceptors (Lipinski definition) is 3. The van der Waals surface area contributed by atoms with Crippen molar-refractivity contribution in [3.8, 4) is 0 Å². The molecule has 3 heteroatoms. The first-order chi connectivity index (χ1) is 11.3. The summed E-state index contributed by atoms with van der Waals surface area (Å²) in [4.78, 5) is 12.2. The molecule has 0 fully saturated rings. The second-order valence-corrected chi connectivity index (χ2v) is 6.03. The molecule has 0 bridgehead atoms. The topological polar surface area (TPSA) is 35.5 Å². The number of carbonyl (C=O) groups excluding carboxylic acids is 1. The van der Waals surface area contributed by atoms with Crippen LogP contribution in [0.1, 0.15) is 63.9 Å². The lowest BCUT2D eigenvalue weighted by Gasteiger charge is -2.07. The van der Waals surface area contributed by atoms with Gasteiger partial charge in [0, 0.05) is 12.0 Å². The van der Waals surface area contributed by atoms with Gasteiger partial charge in [-0.1, -0.05) is 75.8 Å². The maximum atomic E-state index is 12.2. The second kappa shape index (κ2) is 10.1. The van der Waals surface area contributed by atoms with Crippen LogP contribution in [0.2, 0.25) is 0 Å². The van der Waals surface area contributed by atoms with E-state index in [0.29, 0.717) is 31.0 Å². The average molecular weight is 316 g/mol. The van der Waals surface area contributed by atoms with Gasteiger partial charge in [0.15, 0.2) is 0 Å². The molecule has 0 saturated heterocycles.